The van der Waals surface area contributed by atoms with E-state index in [0.717, 1.165) is 17.7 Å². The fourth-order valence-electron chi connectivity index (χ4n) is 1.97. The Bertz CT molecular complexity index is 597. The number of carbonyl (C=O) groups excluding carboxylic acids is 1. The van der Waals surface area contributed by atoms with Gasteiger partial charge in [0.25, 0.3) is 5.91 Å². The van der Waals surface area contributed by atoms with E-state index in [9.17, 15) is 18.7 Å². The maximum Gasteiger partial charge on any atom is 0.257 e. The zero-order chi connectivity index (χ0) is 15.2. The van der Waals surface area contributed by atoms with Gasteiger partial charge in [0, 0.05) is 6.54 Å². The molecule has 0 aliphatic heterocycles. The van der Waals surface area contributed by atoms with Crippen molar-refractivity contribution < 1.29 is 18.7 Å². The maximum atomic E-state index is 13.4. The van der Waals surface area contributed by atoms with Crippen LogP contribution in [-0.2, 0) is 0 Å². The van der Waals surface area contributed by atoms with E-state index in [0.29, 0.717) is 0 Å². The van der Waals surface area contributed by atoms with Gasteiger partial charge in [-0.1, -0.05) is 36.4 Å². The van der Waals surface area contributed by atoms with Crippen LogP contribution in [0, 0.1) is 11.6 Å². The predicted octanol–water partition coefficient (Wildman–Crippen LogP) is 2.82. The van der Waals surface area contributed by atoms with Crippen LogP contribution in [0.15, 0.2) is 48.5 Å². The first-order valence-corrected chi connectivity index (χ1v) is 6.55. The first-order valence-electron chi connectivity index (χ1n) is 6.55. The van der Waals surface area contributed by atoms with Gasteiger partial charge < -0.3 is 10.4 Å². The second kappa shape index (κ2) is 6.95. The predicted molar refractivity (Wildman–Crippen MR) is 74.7 cm³/mol. The van der Waals surface area contributed by atoms with Gasteiger partial charge in [-0.2, -0.15) is 0 Å². The molecular formula is C16H15F2NO2. The van der Waals surface area contributed by atoms with Gasteiger partial charge in [-0.05, 0) is 24.1 Å². The van der Waals surface area contributed by atoms with Crippen LogP contribution in [-0.4, -0.2) is 17.6 Å². The molecule has 1 amide bonds. The molecule has 1 atom stereocenters. The Hall–Kier alpha value is -2.27. The van der Waals surface area contributed by atoms with Gasteiger partial charge in [-0.3, -0.25) is 4.79 Å². The third-order valence-corrected chi connectivity index (χ3v) is 3.08. The number of nitrogens with one attached hydrogen (secondary N) is 1. The Labute approximate surface area is 121 Å². The van der Waals surface area contributed by atoms with E-state index in [1.54, 1.807) is 24.3 Å². The first kappa shape index (κ1) is 15.1. The lowest BCUT2D eigenvalue weighted by Gasteiger charge is -2.12. The van der Waals surface area contributed by atoms with Crippen molar-refractivity contribution in [1.82, 2.24) is 5.32 Å². The van der Waals surface area contributed by atoms with Crippen molar-refractivity contribution in [2.75, 3.05) is 6.54 Å². The van der Waals surface area contributed by atoms with E-state index in [1.807, 2.05) is 6.07 Å². The summed E-state index contributed by atoms with van der Waals surface area (Å²) < 4.78 is 26.8. The average Bonchev–Trinajstić information content (AvgIpc) is 2.48. The molecule has 21 heavy (non-hydrogen) atoms. The molecule has 0 aromatic heterocycles. The Morgan fingerprint density at radius 1 is 1.05 bits per heavy atom. The van der Waals surface area contributed by atoms with E-state index in [1.165, 1.54) is 6.07 Å². The van der Waals surface area contributed by atoms with E-state index in [4.69, 9.17) is 0 Å². The molecule has 0 fully saturated rings. The summed E-state index contributed by atoms with van der Waals surface area (Å²) in [7, 11) is 0. The topological polar surface area (TPSA) is 49.3 Å². The number of carbonyl (C=O) groups is 1. The summed E-state index contributed by atoms with van der Waals surface area (Å²) in [6.07, 6.45) is -0.483. The van der Waals surface area contributed by atoms with Gasteiger partial charge in [-0.25, -0.2) is 8.78 Å². The van der Waals surface area contributed by atoms with Crippen molar-refractivity contribution >= 4 is 5.91 Å². The molecule has 2 N–H and O–H groups in total. The van der Waals surface area contributed by atoms with E-state index >= 15 is 0 Å². The summed E-state index contributed by atoms with van der Waals surface area (Å²) in [5.74, 6) is -2.64. The van der Waals surface area contributed by atoms with Crippen molar-refractivity contribution in [3.05, 3.63) is 71.3 Å². The summed E-state index contributed by atoms with van der Waals surface area (Å²) in [4.78, 5) is 11.7. The maximum absolute atomic E-state index is 13.4. The molecule has 0 radical (unpaired) electrons. The van der Waals surface area contributed by atoms with Crippen LogP contribution in [0.3, 0.4) is 0 Å². The Morgan fingerprint density at radius 3 is 2.29 bits per heavy atom. The monoisotopic (exact) mass is 291 g/mol. The van der Waals surface area contributed by atoms with Gasteiger partial charge in [0.05, 0.1) is 6.10 Å². The molecule has 0 aliphatic carbocycles. The number of halogens is 2. The average molecular weight is 291 g/mol. The fourth-order valence-corrected chi connectivity index (χ4v) is 1.97. The van der Waals surface area contributed by atoms with E-state index in [2.05, 4.69) is 5.32 Å². The minimum absolute atomic E-state index is 0.114. The molecule has 0 heterocycles. The highest BCUT2D eigenvalue weighted by Crippen LogP contribution is 2.15. The van der Waals surface area contributed by atoms with E-state index < -0.39 is 29.2 Å². The smallest absolute Gasteiger partial charge is 0.257 e. The summed E-state index contributed by atoms with van der Waals surface area (Å²) in [5.41, 5.74) is 0.121. The highest BCUT2D eigenvalue weighted by atomic mass is 19.1. The summed E-state index contributed by atoms with van der Waals surface area (Å²) >= 11 is 0. The first-order chi connectivity index (χ1) is 10.1. The standard InChI is InChI=1S/C16H15F2NO2/c17-12-7-4-8-13(18)15(12)16(21)19-10-9-14(20)11-5-2-1-3-6-11/h1-8,14,20H,9-10H2,(H,19,21)/t14-/m0/s1. The highest BCUT2D eigenvalue weighted by Gasteiger charge is 2.17. The van der Waals surface area contributed by atoms with Gasteiger partial charge >= 0.3 is 0 Å². The van der Waals surface area contributed by atoms with Crippen LogP contribution in [0.2, 0.25) is 0 Å². The summed E-state index contributed by atoms with van der Waals surface area (Å²) in [5, 5.41) is 12.3. The number of benzene rings is 2. The number of hydrogen-bond donors (Lipinski definition) is 2. The quantitative estimate of drug-likeness (QED) is 0.890. The van der Waals surface area contributed by atoms with Gasteiger partial charge in [-0.15, -0.1) is 0 Å². The van der Waals surface area contributed by atoms with Gasteiger partial charge in [0.2, 0.25) is 0 Å². The largest absolute Gasteiger partial charge is 0.388 e. The minimum atomic E-state index is -0.906. The summed E-state index contributed by atoms with van der Waals surface area (Å²) in [6, 6.07) is 12.2. The second-order valence-electron chi connectivity index (χ2n) is 4.57. The summed E-state index contributed by atoms with van der Waals surface area (Å²) in [6.45, 7) is 0.114. The number of aliphatic hydroxyl groups excluding tert-OH is 1. The van der Waals surface area contributed by atoms with Crippen molar-refractivity contribution in [2.24, 2.45) is 0 Å². The lowest BCUT2D eigenvalue weighted by Crippen LogP contribution is -2.27. The molecule has 0 aliphatic rings. The van der Waals surface area contributed by atoms with Crippen LogP contribution < -0.4 is 5.32 Å². The van der Waals surface area contributed by atoms with Crippen LogP contribution in [0.5, 0.6) is 0 Å². The molecule has 110 valence electrons. The zero-order valence-electron chi connectivity index (χ0n) is 11.2. The zero-order valence-corrected chi connectivity index (χ0v) is 11.2. The molecule has 3 nitrogen and oxygen atoms in total. The lowest BCUT2D eigenvalue weighted by atomic mass is 10.1. The van der Waals surface area contributed by atoms with E-state index in [-0.39, 0.29) is 13.0 Å². The molecule has 0 spiro atoms. The van der Waals surface area contributed by atoms with Crippen LogP contribution in [0.1, 0.15) is 28.4 Å². The van der Waals surface area contributed by atoms with Crippen LogP contribution >= 0.6 is 0 Å². The molecule has 2 rings (SSSR count). The fraction of sp³-hybridized carbons (Fsp3) is 0.188. The third kappa shape index (κ3) is 3.86. The molecule has 0 bridgehead atoms. The lowest BCUT2D eigenvalue weighted by molar-refractivity contribution is 0.0934. The minimum Gasteiger partial charge on any atom is -0.388 e. The number of amides is 1. The Kier molecular flexibility index (Phi) is 5.00. The number of rotatable bonds is 5. The van der Waals surface area contributed by atoms with Crippen LogP contribution in [0.25, 0.3) is 0 Å². The van der Waals surface area contributed by atoms with Crippen molar-refractivity contribution in [3.63, 3.8) is 0 Å². The van der Waals surface area contributed by atoms with Gasteiger partial charge in [0.15, 0.2) is 0 Å². The number of hydrogen-bond acceptors (Lipinski definition) is 2. The number of aliphatic hydroxyl groups is 1. The molecule has 2 aromatic carbocycles. The Balaban J connectivity index is 1.90. The molecule has 0 saturated carbocycles. The normalized spacial score (nSPS) is 12.0. The van der Waals surface area contributed by atoms with Crippen molar-refractivity contribution in [2.45, 2.75) is 12.5 Å². The van der Waals surface area contributed by atoms with Crippen LogP contribution in [0.4, 0.5) is 8.78 Å². The highest BCUT2D eigenvalue weighted by molar-refractivity contribution is 5.94. The molecule has 0 saturated heterocycles. The second-order valence-corrected chi connectivity index (χ2v) is 4.57. The third-order valence-electron chi connectivity index (χ3n) is 3.08. The molecule has 0 unspecified atom stereocenters. The van der Waals surface area contributed by atoms with Gasteiger partial charge in [0.1, 0.15) is 17.2 Å². The SMILES string of the molecule is O=C(NCC[C@H](O)c1ccccc1)c1c(F)cccc1F. The Morgan fingerprint density at radius 2 is 1.67 bits per heavy atom. The van der Waals surface area contributed by atoms with Crippen molar-refractivity contribution in [1.29, 1.82) is 0 Å². The molecular weight excluding hydrogens is 276 g/mol. The van der Waals surface area contributed by atoms with Crippen molar-refractivity contribution in [3.8, 4) is 0 Å². The molecule has 2 aromatic rings. The molecule has 5 heteroatoms.